The minimum absolute atomic E-state index is 0.0270. The van der Waals surface area contributed by atoms with Crippen LogP contribution in [0.3, 0.4) is 0 Å². The van der Waals surface area contributed by atoms with Crippen molar-refractivity contribution in [3.8, 4) is 6.07 Å². The molecule has 0 aliphatic heterocycles. The zero-order chi connectivity index (χ0) is 11.5. The van der Waals surface area contributed by atoms with Crippen LogP contribution in [-0.4, -0.2) is 18.7 Å². The van der Waals surface area contributed by atoms with Crippen molar-refractivity contribution in [1.82, 2.24) is 4.98 Å². The molecule has 82 valence electrons. The average Bonchev–Trinajstić information content (AvgIpc) is 2.52. The van der Waals surface area contributed by atoms with Crippen LogP contribution in [0.5, 0.6) is 0 Å². The van der Waals surface area contributed by atoms with Gasteiger partial charge in [0.25, 0.3) is 0 Å². The highest BCUT2D eigenvalue weighted by molar-refractivity contribution is 7.91. The average molecular weight is 244 g/mol. The first-order chi connectivity index (χ1) is 6.95. The van der Waals surface area contributed by atoms with E-state index in [9.17, 15) is 8.42 Å². The standard InChI is InChI=1S/C9H12N2O2S2/c1-7(2)15(12,13)6-9-11-5-8(14-9)3-4-10/h5,7H,3,6H2,1-2H3. The highest BCUT2D eigenvalue weighted by Crippen LogP contribution is 2.17. The van der Waals surface area contributed by atoms with Crippen LogP contribution in [0.4, 0.5) is 0 Å². The van der Waals surface area contributed by atoms with Gasteiger partial charge in [0.05, 0.1) is 17.7 Å². The van der Waals surface area contributed by atoms with Gasteiger partial charge in [-0.3, -0.25) is 0 Å². The largest absolute Gasteiger partial charge is 0.248 e. The molecule has 1 aromatic rings. The molecule has 0 fully saturated rings. The van der Waals surface area contributed by atoms with Crippen LogP contribution in [0.1, 0.15) is 23.7 Å². The molecular weight excluding hydrogens is 232 g/mol. The molecule has 4 nitrogen and oxygen atoms in total. The molecule has 1 heterocycles. The summed E-state index contributed by atoms with van der Waals surface area (Å²) >= 11 is 1.29. The van der Waals surface area contributed by atoms with Gasteiger partial charge in [-0.1, -0.05) is 0 Å². The lowest BCUT2D eigenvalue weighted by molar-refractivity contribution is 0.586. The van der Waals surface area contributed by atoms with E-state index in [-0.39, 0.29) is 11.0 Å². The molecule has 0 bridgehead atoms. The summed E-state index contributed by atoms with van der Waals surface area (Å²) in [5.41, 5.74) is 0. The van der Waals surface area contributed by atoms with Crippen molar-refractivity contribution >= 4 is 21.2 Å². The predicted molar refractivity (Wildman–Crippen MR) is 59.2 cm³/mol. The molecule has 0 aliphatic rings. The van der Waals surface area contributed by atoms with E-state index in [1.807, 2.05) is 6.07 Å². The van der Waals surface area contributed by atoms with Crippen LogP contribution in [0.25, 0.3) is 0 Å². The lowest BCUT2D eigenvalue weighted by Gasteiger charge is -2.04. The summed E-state index contributed by atoms with van der Waals surface area (Å²) in [6.45, 7) is 3.30. The number of aromatic nitrogens is 1. The minimum atomic E-state index is -3.09. The van der Waals surface area contributed by atoms with Crippen molar-refractivity contribution in [3.63, 3.8) is 0 Å². The molecule has 0 saturated heterocycles. The maximum absolute atomic E-state index is 11.6. The van der Waals surface area contributed by atoms with Crippen LogP contribution < -0.4 is 0 Å². The molecule has 0 N–H and O–H groups in total. The number of hydrogen-bond acceptors (Lipinski definition) is 5. The number of sulfone groups is 1. The topological polar surface area (TPSA) is 70.8 Å². The van der Waals surface area contributed by atoms with Gasteiger partial charge in [0.2, 0.25) is 0 Å². The maximum Gasteiger partial charge on any atom is 0.159 e. The van der Waals surface area contributed by atoms with Crippen LogP contribution >= 0.6 is 11.3 Å². The molecule has 0 aromatic carbocycles. The Hall–Kier alpha value is -0.930. The lowest BCUT2D eigenvalue weighted by atomic mass is 10.4. The lowest BCUT2D eigenvalue weighted by Crippen LogP contribution is -2.15. The summed E-state index contributed by atoms with van der Waals surface area (Å²) in [6.07, 6.45) is 1.86. The van der Waals surface area contributed by atoms with Gasteiger partial charge in [-0.25, -0.2) is 13.4 Å². The first-order valence-corrected chi connectivity index (χ1v) is 7.01. The fourth-order valence-electron chi connectivity index (χ4n) is 0.913. The van der Waals surface area contributed by atoms with E-state index in [1.165, 1.54) is 11.3 Å². The van der Waals surface area contributed by atoms with Gasteiger partial charge in [-0.05, 0) is 13.8 Å². The van der Waals surface area contributed by atoms with Crippen molar-refractivity contribution < 1.29 is 8.42 Å². The second-order valence-corrected chi connectivity index (χ2v) is 7.17. The molecule has 1 aromatic heterocycles. The number of rotatable bonds is 4. The molecule has 6 heteroatoms. The Bertz CT molecular complexity index is 469. The van der Waals surface area contributed by atoms with Crippen molar-refractivity contribution in [2.24, 2.45) is 0 Å². The first-order valence-electron chi connectivity index (χ1n) is 4.48. The third-order valence-corrected chi connectivity index (χ3v) is 5.19. The Morgan fingerprint density at radius 2 is 2.27 bits per heavy atom. The van der Waals surface area contributed by atoms with E-state index < -0.39 is 9.84 Å². The van der Waals surface area contributed by atoms with Gasteiger partial charge in [-0.15, -0.1) is 11.3 Å². The van der Waals surface area contributed by atoms with Crippen LogP contribution in [0, 0.1) is 11.3 Å². The molecule has 0 amide bonds. The van der Waals surface area contributed by atoms with Gasteiger partial charge >= 0.3 is 0 Å². The zero-order valence-corrected chi connectivity index (χ0v) is 10.2. The molecule has 0 spiro atoms. The van der Waals surface area contributed by atoms with Crippen molar-refractivity contribution in [3.05, 3.63) is 16.1 Å². The van der Waals surface area contributed by atoms with Crippen LogP contribution in [0.2, 0.25) is 0 Å². The van der Waals surface area contributed by atoms with Gasteiger partial charge in [-0.2, -0.15) is 5.26 Å². The quantitative estimate of drug-likeness (QED) is 0.805. The second kappa shape index (κ2) is 4.73. The third kappa shape index (κ3) is 3.29. The van der Waals surface area contributed by atoms with E-state index in [0.717, 1.165) is 4.88 Å². The van der Waals surface area contributed by atoms with Crippen LogP contribution in [0.15, 0.2) is 6.20 Å². The first kappa shape index (κ1) is 12.1. The molecule has 1 rings (SSSR count). The van der Waals surface area contributed by atoms with Crippen molar-refractivity contribution in [2.45, 2.75) is 31.3 Å². The Morgan fingerprint density at radius 3 is 2.80 bits per heavy atom. The highest BCUT2D eigenvalue weighted by Gasteiger charge is 2.18. The van der Waals surface area contributed by atoms with Gasteiger partial charge in [0.1, 0.15) is 10.8 Å². The number of thiazole rings is 1. The second-order valence-electron chi connectivity index (χ2n) is 3.41. The van der Waals surface area contributed by atoms with E-state index >= 15 is 0 Å². The Balaban J connectivity index is 2.79. The zero-order valence-electron chi connectivity index (χ0n) is 8.60. The Kier molecular flexibility index (Phi) is 3.83. The van der Waals surface area contributed by atoms with E-state index in [4.69, 9.17) is 5.26 Å². The Labute approximate surface area is 93.5 Å². The smallest absolute Gasteiger partial charge is 0.159 e. The van der Waals surface area contributed by atoms with Crippen molar-refractivity contribution in [2.75, 3.05) is 0 Å². The molecule has 0 atom stereocenters. The number of hydrogen-bond donors (Lipinski definition) is 0. The third-order valence-electron chi connectivity index (χ3n) is 1.90. The number of nitrogens with zero attached hydrogens (tertiary/aromatic N) is 2. The molecular formula is C9H12N2O2S2. The van der Waals surface area contributed by atoms with Crippen LogP contribution in [-0.2, 0) is 22.0 Å². The van der Waals surface area contributed by atoms with Gasteiger partial charge < -0.3 is 0 Å². The fourth-order valence-corrected chi connectivity index (χ4v) is 3.04. The highest BCUT2D eigenvalue weighted by atomic mass is 32.2. The van der Waals surface area contributed by atoms with Gasteiger partial charge in [0, 0.05) is 11.1 Å². The normalized spacial score (nSPS) is 11.6. The van der Waals surface area contributed by atoms with Crippen molar-refractivity contribution in [1.29, 1.82) is 5.26 Å². The van der Waals surface area contributed by atoms with Gasteiger partial charge in [0.15, 0.2) is 9.84 Å². The fraction of sp³-hybridized carbons (Fsp3) is 0.556. The molecule has 15 heavy (non-hydrogen) atoms. The SMILES string of the molecule is CC(C)S(=O)(=O)Cc1ncc(CC#N)s1. The molecule has 0 radical (unpaired) electrons. The predicted octanol–water partition coefficient (Wildman–Crippen LogP) is 1.53. The summed E-state index contributed by atoms with van der Waals surface area (Å²) in [5.74, 6) is -0.0270. The molecule has 0 unspecified atom stereocenters. The summed E-state index contributed by atoms with van der Waals surface area (Å²) in [5, 5.41) is 8.64. The molecule has 0 saturated carbocycles. The Morgan fingerprint density at radius 1 is 1.60 bits per heavy atom. The van der Waals surface area contributed by atoms with E-state index in [2.05, 4.69) is 4.98 Å². The maximum atomic E-state index is 11.6. The summed E-state index contributed by atoms with van der Waals surface area (Å²) < 4.78 is 23.1. The van der Waals surface area contributed by atoms with E-state index in [0.29, 0.717) is 11.4 Å². The number of nitriles is 1. The van der Waals surface area contributed by atoms with E-state index in [1.54, 1.807) is 20.0 Å². The summed E-state index contributed by atoms with van der Waals surface area (Å²) in [6, 6.07) is 2.00. The summed E-state index contributed by atoms with van der Waals surface area (Å²) in [7, 11) is -3.09. The minimum Gasteiger partial charge on any atom is -0.248 e. The molecule has 0 aliphatic carbocycles. The summed E-state index contributed by atoms with van der Waals surface area (Å²) in [4.78, 5) is 4.80. The monoisotopic (exact) mass is 244 g/mol.